The summed E-state index contributed by atoms with van der Waals surface area (Å²) in [7, 11) is 0. The van der Waals surface area contributed by atoms with E-state index in [2.05, 4.69) is 33.9 Å². The van der Waals surface area contributed by atoms with Gasteiger partial charge in [0.25, 0.3) is 5.91 Å². The molecule has 138 valence electrons. The van der Waals surface area contributed by atoms with Gasteiger partial charge in [-0.1, -0.05) is 13.8 Å². The summed E-state index contributed by atoms with van der Waals surface area (Å²) >= 11 is 0. The average Bonchev–Trinajstić information content (AvgIpc) is 2.67. The summed E-state index contributed by atoms with van der Waals surface area (Å²) in [5, 5.41) is 2.94. The van der Waals surface area contributed by atoms with Gasteiger partial charge in [0.2, 0.25) is 0 Å². The molecule has 5 nitrogen and oxygen atoms in total. The molecule has 3 rings (SSSR count). The Kier molecular flexibility index (Phi) is 5.71. The van der Waals surface area contributed by atoms with Crippen molar-refractivity contribution in [1.29, 1.82) is 0 Å². The Morgan fingerprint density at radius 1 is 1.12 bits per heavy atom. The van der Waals surface area contributed by atoms with Crippen molar-refractivity contribution in [1.82, 2.24) is 10.3 Å². The Morgan fingerprint density at radius 3 is 2.42 bits per heavy atom. The van der Waals surface area contributed by atoms with Crippen LogP contribution in [0, 0.1) is 11.7 Å². The molecule has 0 bridgehead atoms. The summed E-state index contributed by atoms with van der Waals surface area (Å²) in [6.45, 7) is 8.07. The second kappa shape index (κ2) is 8.17. The van der Waals surface area contributed by atoms with E-state index in [0.29, 0.717) is 18.0 Å². The zero-order valence-corrected chi connectivity index (χ0v) is 15.3. The van der Waals surface area contributed by atoms with Crippen LogP contribution in [0.5, 0.6) is 0 Å². The first-order valence-corrected chi connectivity index (χ1v) is 9.02. The molecular formula is C20H25FN4O. The molecule has 0 unspecified atom stereocenters. The van der Waals surface area contributed by atoms with E-state index in [0.717, 1.165) is 37.7 Å². The first kappa shape index (κ1) is 18.2. The van der Waals surface area contributed by atoms with E-state index in [4.69, 9.17) is 0 Å². The Morgan fingerprint density at radius 2 is 1.77 bits per heavy atom. The van der Waals surface area contributed by atoms with Crippen LogP contribution in [0.15, 0.2) is 42.6 Å². The highest BCUT2D eigenvalue weighted by Gasteiger charge is 2.19. The van der Waals surface area contributed by atoms with Gasteiger partial charge in [0.15, 0.2) is 0 Å². The fourth-order valence-electron chi connectivity index (χ4n) is 2.98. The minimum Gasteiger partial charge on any atom is -0.368 e. The van der Waals surface area contributed by atoms with Crippen LogP contribution in [0.25, 0.3) is 0 Å². The van der Waals surface area contributed by atoms with Crippen molar-refractivity contribution in [3.05, 3.63) is 54.0 Å². The molecule has 1 aliphatic rings. The largest absolute Gasteiger partial charge is 0.368 e. The lowest BCUT2D eigenvalue weighted by Gasteiger charge is -2.36. The quantitative estimate of drug-likeness (QED) is 0.895. The smallest absolute Gasteiger partial charge is 0.251 e. The van der Waals surface area contributed by atoms with Gasteiger partial charge < -0.3 is 15.1 Å². The molecule has 2 heterocycles. The SMILES string of the molecule is CC(C)CNC(=O)c1ccnc(N2CCN(c3ccc(F)cc3)CC2)c1. The summed E-state index contributed by atoms with van der Waals surface area (Å²) < 4.78 is 13.1. The van der Waals surface area contributed by atoms with Crippen molar-refractivity contribution in [3.63, 3.8) is 0 Å². The average molecular weight is 356 g/mol. The lowest BCUT2D eigenvalue weighted by atomic mass is 10.2. The minimum absolute atomic E-state index is 0.0627. The summed E-state index contributed by atoms with van der Waals surface area (Å²) in [5.74, 6) is 0.956. The number of nitrogens with zero attached hydrogens (tertiary/aromatic N) is 3. The summed E-state index contributed by atoms with van der Waals surface area (Å²) in [4.78, 5) is 21.1. The van der Waals surface area contributed by atoms with E-state index in [-0.39, 0.29) is 11.7 Å². The van der Waals surface area contributed by atoms with Gasteiger partial charge in [0, 0.05) is 50.2 Å². The van der Waals surface area contributed by atoms with Crippen LogP contribution in [0.2, 0.25) is 0 Å². The van der Waals surface area contributed by atoms with Crippen molar-refractivity contribution >= 4 is 17.4 Å². The number of benzene rings is 1. The second-order valence-electron chi connectivity index (χ2n) is 6.96. The van der Waals surface area contributed by atoms with E-state index >= 15 is 0 Å². The van der Waals surface area contributed by atoms with Crippen molar-refractivity contribution in [3.8, 4) is 0 Å². The Hall–Kier alpha value is -2.63. The van der Waals surface area contributed by atoms with Gasteiger partial charge in [-0.2, -0.15) is 0 Å². The number of carbonyl (C=O) groups excluding carboxylic acids is 1. The lowest BCUT2D eigenvalue weighted by molar-refractivity contribution is 0.0949. The molecule has 1 N–H and O–H groups in total. The number of halogens is 1. The van der Waals surface area contributed by atoms with E-state index in [1.807, 2.05) is 18.2 Å². The number of piperazine rings is 1. The number of anilines is 2. The summed E-state index contributed by atoms with van der Waals surface area (Å²) in [5.41, 5.74) is 1.66. The zero-order valence-electron chi connectivity index (χ0n) is 15.3. The predicted molar refractivity (Wildman–Crippen MR) is 102 cm³/mol. The molecular weight excluding hydrogens is 331 g/mol. The molecule has 0 aliphatic carbocycles. The molecule has 1 amide bonds. The molecule has 6 heteroatoms. The van der Waals surface area contributed by atoms with Crippen LogP contribution in [-0.2, 0) is 0 Å². The number of rotatable bonds is 5. The maximum atomic E-state index is 13.1. The van der Waals surface area contributed by atoms with Gasteiger partial charge in [0.1, 0.15) is 11.6 Å². The number of pyridine rings is 1. The van der Waals surface area contributed by atoms with Crippen molar-refractivity contribution < 1.29 is 9.18 Å². The number of hydrogen-bond donors (Lipinski definition) is 1. The van der Waals surface area contributed by atoms with Crippen LogP contribution < -0.4 is 15.1 Å². The van der Waals surface area contributed by atoms with Gasteiger partial charge >= 0.3 is 0 Å². The molecule has 0 radical (unpaired) electrons. The third kappa shape index (κ3) is 4.50. The maximum Gasteiger partial charge on any atom is 0.251 e. The standard InChI is InChI=1S/C20H25FN4O/c1-15(2)14-23-20(26)16-7-8-22-19(13-16)25-11-9-24(10-12-25)18-5-3-17(21)4-6-18/h3-8,13,15H,9-12,14H2,1-2H3,(H,23,26). The first-order chi connectivity index (χ1) is 12.5. The van der Waals surface area contributed by atoms with Crippen LogP contribution in [0.1, 0.15) is 24.2 Å². The van der Waals surface area contributed by atoms with Crippen LogP contribution in [-0.4, -0.2) is 43.6 Å². The van der Waals surface area contributed by atoms with Gasteiger partial charge in [-0.05, 0) is 42.3 Å². The Balaban J connectivity index is 1.61. The molecule has 0 atom stereocenters. The fourth-order valence-corrected chi connectivity index (χ4v) is 2.98. The van der Waals surface area contributed by atoms with Crippen molar-refractivity contribution in [2.24, 2.45) is 5.92 Å². The number of aromatic nitrogens is 1. The third-order valence-electron chi connectivity index (χ3n) is 4.47. The molecule has 1 fully saturated rings. The third-order valence-corrected chi connectivity index (χ3v) is 4.47. The number of amides is 1. The van der Waals surface area contributed by atoms with E-state index < -0.39 is 0 Å². The topological polar surface area (TPSA) is 48.5 Å². The molecule has 1 aromatic carbocycles. The minimum atomic E-state index is -0.218. The highest BCUT2D eigenvalue weighted by atomic mass is 19.1. The molecule has 1 saturated heterocycles. The van der Waals surface area contributed by atoms with E-state index in [1.54, 1.807) is 12.3 Å². The molecule has 1 aliphatic heterocycles. The second-order valence-corrected chi connectivity index (χ2v) is 6.96. The Labute approximate surface area is 153 Å². The molecule has 1 aromatic heterocycles. The normalized spacial score (nSPS) is 14.6. The number of carbonyl (C=O) groups is 1. The zero-order chi connectivity index (χ0) is 18.5. The number of nitrogens with one attached hydrogen (secondary N) is 1. The summed E-state index contributed by atoms with van der Waals surface area (Å²) in [6.07, 6.45) is 1.69. The molecule has 26 heavy (non-hydrogen) atoms. The van der Waals surface area contributed by atoms with Crippen molar-refractivity contribution in [2.45, 2.75) is 13.8 Å². The van der Waals surface area contributed by atoms with Crippen LogP contribution in [0.4, 0.5) is 15.9 Å². The van der Waals surface area contributed by atoms with Gasteiger partial charge in [-0.3, -0.25) is 4.79 Å². The first-order valence-electron chi connectivity index (χ1n) is 9.02. The molecule has 2 aromatic rings. The monoisotopic (exact) mass is 356 g/mol. The van der Waals surface area contributed by atoms with Gasteiger partial charge in [-0.25, -0.2) is 9.37 Å². The van der Waals surface area contributed by atoms with E-state index in [1.165, 1.54) is 12.1 Å². The van der Waals surface area contributed by atoms with Crippen LogP contribution in [0.3, 0.4) is 0 Å². The molecule has 0 spiro atoms. The lowest BCUT2D eigenvalue weighted by Crippen LogP contribution is -2.46. The van der Waals surface area contributed by atoms with Gasteiger partial charge in [-0.15, -0.1) is 0 Å². The van der Waals surface area contributed by atoms with Gasteiger partial charge in [0.05, 0.1) is 0 Å². The predicted octanol–water partition coefficient (Wildman–Crippen LogP) is 2.93. The van der Waals surface area contributed by atoms with E-state index in [9.17, 15) is 9.18 Å². The van der Waals surface area contributed by atoms with Crippen LogP contribution >= 0.6 is 0 Å². The van der Waals surface area contributed by atoms with Crippen molar-refractivity contribution in [2.75, 3.05) is 42.5 Å². The highest BCUT2D eigenvalue weighted by Crippen LogP contribution is 2.20. The Bertz CT molecular complexity index is 740. The number of hydrogen-bond acceptors (Lipinski definition) is 4. The highest BCUT2D eigenvalue weighted by molar-refractivity contribution is 5.94. The molecule has 0 saturated carbocycles. The fraction of sp³-hybridized carbons (Fsp3) is 0.400. The maximum absolute atomic E-state index is 13.1. The summed E-state index contributed by atoms with van der Waals surface area (Å²) in [6, 6.07) is 10.2.